The quantitative estimate of drug-likeness (QED) is 0.726. The Kier molecular flexibility index (Phi) is 3.04. The molecule has 1 aromatic heterocycles. The molecule has 16 heavy (non-hydrogen) atoms. The maximum Gasteiger partial charge on any atom is 0.0346 e. The molecule has 0 unspecified atom stereocenters. The van der Waals surface area contributed by atoms with E-state index in [1.54, 1.807) is 0 Å². The summed E-state index contributed by atoms with van der Waals surface area (Å²) >= 11 is 0. The Morgan fingerprint density at radius 1 is 1.00 bits per heavy atom. The van der Waals surface area contributed by atoms with Crippen LogP contribution in [-0.4, -0.2) is 4.98 Å². The van der Waals surface area contributed by atoms with Crippen LogP contribution in [0.25, 0.3) is 11.1 Å². The van der Waals surface area contributed by atoms with Crippen LogP contribution >= 0.6 is 0 Å². The van der Waals surface area contributed by atoms with Crippen LogP contribution in [0.5, 0.6) is 0 Å². The van der Waals surface area contributed by atoms with Crippen molar-refractivity contribution in [2.75, 3.05) is 0 Å². The Balaban J connectivity index is 2.44. The van der Waals surface area contributed by atoms with Gasteiger partial charge in [-0.3, -0.25) is 4.98 Å². The molecule has 0 aliphatic heterocycles. The molecule has 0 aliphatic rings. The summed E-state index contributed by atoms with van der Waals surface area (Å²) in [4.78, 5) is 4.24. The van der Waals surface area contributed by atoms with Crippen molar-refractivity contribution < 1.29 is 0 Å². The molecular weight excluding hydrogens is 194 g/mol. The Hall–Kier alpha value is -1.63. The molecule has 2 rings (SSSR count). The van der Waals surface area contributed by atoms with E-state index in [2.05, 4.69) is 56.1 Å². The Bertz CT molecular complexity index is 486. The predicted molar refractivity (Wildman–Crippen MR) is 68.5 cm³/mol. The molecule has 0 saturated carbocycles. The van der Waals surface area contributed by atoms with Crippen molar-refractivity contribution >= 4 is 0 Å². The molecule has 1 nitrogen and oxygen atoms in total. The number of benzene rings is 1. The molecule has 1 aromatic carbocycles. The van der Waals surface area contributed by atoms with Gasteiger partial charge >= 0.3 is 0 Å². The normalized spacial score (nSPS) is 10.8. The van der Waals surface area contributed by atoms with E-state index in [4.69, 9.17) is 0 Å². The van der Waals surface area contributed by atoms with E-state index in [9.17, 15) is 0 Å². The first-order valence-electron chi connectivity index (χ1n) is 5.69. The molecule has 0 amide bonds. The zero-order chi connectivity index (χ0) is 11.5. The van der Waals surface area contributed by atoms with Crippen molar-refractivity contribution in [3.8, 4) is 11.1 Å². The van der Waals surface area contributed by atoms with Gasteiger partial charge in [0.25, 0.3) is 0 Å². The van der Waals surface area contributed by atoms with Gasteiger partial charge in [-0.2, -0.15) is 0 Å². The zero-order valence-corrected chi connectivity index (χ0v) is 10.1. The van der Waals surface area contributed by atoms with Gasteiger partial charge in [-0.1, -0.05) is 38.1 Å². The summed E-state index contributed by atoms with van der Waals surface area (Å²) in [5.41, 5.74) is 5.02. The molecule has 0 radical (unpaired) electrons. The van der Waals surface area contributed by atoms with Gasteiger partial charge in [-0.05, 0) is 35.6 Å². The number of aromatic nitrogens is 1. The van der Waals surface area contributed by atoms with Crippen LogP contribution in [0.3, 0.4) is 0 Å². The molecule has 0 bridgehead atoms. The number of hydrogen-bond donors (Lipinski definition) is 0. The number of nitrogens with zero attached hydrogens (tertiary/aromatic N) is 1. The van der Waals surface area contributed by atoms with Crippen LogP contribution in [0.4, 0.5) is 0 Å². The first-order valence-corrected chi connectivity index (χ1v) is 5.69. The van der Waals surface area contributed by atoms with E-state index in [1.807, 2.05) is 12.4 Å². The molecule has 2 aromatic rings. The highest BCUT2D eigenvalue weighted by molar-refractivity contribution is 5.63. The summed E-state index contributed by atoms with van der Waals surface area (Å²) in [6.45, 7) is 6.50. The maximum absolute atomic E-state index is 4.24. The van der Waals surface area contributed by atoms with Crippen LogP contribution in [0.2, 0.25) is 0 Å². The van der Waals surface area contributed by atoms with Crippen molar-refractivity contribution in [1.29, 1.82) is 0 Å². The van der Waals surface area contributed by atoms with E-state index >= 15 is 0 Å². The zero-order valence-electron chi connectivity index (χ0n) is 10.1. The van der Waals surface area contributed by atoms with Crippen LogP contribution < -0.4 is 0 Å². The number of rotatable bonds is 2. The molecule has 0 atom stereocenters. The molecule has 0 aliphatic carbocycles. The lowest BCUT2D eigenvalue weighted by atomic mass is 9.98. The fourth-order valence-electron chi connectivity index (χ4n) is 1.79. The summed E-state index contributed by atoms with van der Waals surface area (Å²) in [5.74, 6) is 0.567. The molecule has 82 valence electrons. The van der Waals surface area contributed by atoms with E-state index in [1.165, 1.54) is 22.3 Å². The first kappa shape index (κ1) is 10.9. The Labute approximate surface area is 97.2 Å². The Morgan fingerprint density at radius 3 is 2.50 bits per heavy atom. The van der Waals surface area contributed by atoms with Crippen molar-refractivity contribution in [2.24, 2.45) is 0 Å². The minimum Gasteiger partial charge on any atom is -0.264 e. The van der Waals surface area contributed by atoms with E-state index in [0.717, 1.165) is 0 Å². The Morgan fingerprint density at radius 2 is 1.81 bits per heavy atom. The average molecular weight is 211 g/mol. The smallest absolute Gasteiger partial charge is 0.0346 e. The standard InChI is InChI=1S/C15H17N/c1-11(2)13-5-4-6-14(8-13)15-7-12(3)9-16-10-15/h4-11H,1-3H3. The molecule has 1 heteroatoms. The summed E-state index contributed by atoms with van der Waals surface area (Å²) in [6, 6.07) is 10.9. The summed E-state index contributed by atoms with van der Waals surface area (Å²) in [6.07, 6.45) is 3.81. The second kappa shape index (κ2) is 4.48. The second-order valence-corrected chi connectivity index (χ2v) is 4.53. The highest BCUT2D eigenvalue weighted by Crippen LogP contribution is 2.23. The predicted octanol–water partition coefficient (Wildman–Crippen LogP) is 4.18. The minimum atomic E-state index is 0.567. The number of pyridine rings is 1. The topological polar surface area (TPSA) is 12.9 Å². The summed E-state index contributed by atoms with van der Waals surface area (Å²) in [5, 5.41) is 0. The average Bonchev–Trinajstić information content (AvgIpc) is 2.29. The van der Waals surface area contributed by atoms with Crippen molar-refractivity contribution in [1.82, 2.24) is 4.98 Å². The van der Waals surface area contributed by atoms with Crippen LogP contribution in [-0.2, 0) is 0 Å². The van der Waals surface area contributed by atoms with Gasteiger partial charge in [0.05, 0.1) is 0 Å². The fourth-order valence-corrected chi connectivity index (χ4v) is 1.79. The number of hydrogen-bond acceptors (Lipinski definition) is 1. The second-order valence-electron chi connectivity index (χ2n) is 4.53. The minimum absolute atomic E-state index is 0.567. The molecule has 0 saturated heterocycles. The van der Waals surface area contributed by atoms with Gasteiger partial charge in [-0.25, -0.2) is 0 Å². The van der Waals surface area contributed by atoms with Crippen molar-refractivity contribution in [3.63, 3.8) is 0 Å². The first-order chi connectivity index (χ1) is 7.66. The van der Waals surface area contributed by atoms with Gasteiger partial charge in [0.15, 0.2) is 0 Å². The molecular formula is C15H17N. The maximum atomic E-state index is 4.24. The summed E-state index contributed by atoms with van der Waals surface area (Å²) in [7, 11) is 0. The monoisotopic (exact) mass is 211 g/mol. The van der Waals surface area contributed by atoms with E-state index in [-0.39, 0.29) is 0 Å². The third-order valence-electron chi connectivity index (χ3n) is 2.76. The fraction of sp³-hybridized carbons (Fsp3) is 0.267. The third kappa shape index (κ3) is 2.30. The van der Waals surface area contributed by atoms with Crippen molar-refractivity contribution in [3.05, 3.63) is 53.9 Å². The van der Waals surface area contributed by atoms with Crippen LogP contribution in [0.1, 0.15) is 30.9 Å². The lowest BCUT2D eigenvalue weighted by Crippen LogP contribution is -1.88. The molecule has 0 fully saturated rings. The molecule has 0 spiro atoms. The van der Waals surface area contributed by atoms with Crippen LogP contribution in [0, 0.1) is 6.92 Å². The van der Waals surface area contributed by atoms with Crippen LogP contribution in [0.15, 0.2) is 42.7 Å². The highest BCUT2D eigenvalue weighted by Gasteiger charge is 2.02. The van der Waals surface area contributed by atoms with Gasteiger partial charge in [0, 0.05) is 18.0 Å². The van der Waals surface area contributed by atoms with Gasteiger partial charge < -0.3 is 0 Å². The number of aryl methyl sites for hydroxylation is 1. The highest BCUT2D eigenvalue weighted by atomic mass is 14.6. The molecule has 1 heterocycles. The SMILES string of the molecule is Cc1cncc(-c2cccc(C(C)C)c2)c1. The lowest BCUT2D eigenvalue weighted by molar-refractivity contribution is 0.867. The van der Waals surface area contributed by atoms with Crippen molar-refractivity contribution in [2.45, 2.75) is 26.7 Å². The third-order valence-corrected chi connectivity index (χ3v) is 2.76. The largest absolute Gasteiger partial charge is 0.264 e. The van der Waals surface area contributed by atoms with E-state index < -0.39 is 0 Å². The van der Waals surface area contributed by atoms with Gasteiger partial charge in [0.2, 0.25) is 0 Å². The lowest BCUT2D eigenvalue weighted by Gasteiger charge is -2.08. The van der Waals surface area contributed by atoms with Gasteiger partial charge in [0.1, 0.15) is 0 Å². The van der Waals surface area contributed by atoms with E-state index in [0.29, 0.717) is 5.92 Å². The summed E-state index contributed by atoms with van der Waals surface area (Å²) < 4.78 is 0. The molecule has 0 N–H and O–H groups in total. The van der Waals surface area contributed by atoms with Gasteiger partial charge in [-0.15, -0.1) is 0 Å².